The second kappa shape index (κ2) is 11.8. The molecule has 5 nitrogen and oxygen atoms in total. The number of hydrogen-bond acceptors (Lipinski definition) is 2. The van der Waals surface area contributed by atoms with Gasteiger partial charge in [0.25, 0.3) is 0 Å². The molecule has 3 heterocycles. The highest BCUT2D eigenvalue weighted by molar-refractivity contribution is 6.14. The Hall–Kier alpha value is -7.86. The molecule has 11 aromatic rings. The van der Waals surface area contributed by atoms with E-state index in [2.05, 4.69) is 159 Å². The van der Waals surface area contributed by atoms with Gasteiger partial charge < -0.3 is 13.7 Å². The highest BCUT2D eigenvalue weighted by Gasteiger charge is 2.22. The first-order chi connectivity index (χ1) is 27.2. The van der Waals surface area contributed by atoms with Crippen molar-refractivity contribution < 1.29 is 0 Å². The lowest BCUT2D eigenvalue weighted by atomic mass is 9.98. The van der Waals surface area contributed by atoms with Crippen LogP contribution in [0.3, 0.4) is 0 Å². The van der Waals surface area contributed by atoms with Gasteiger partial charge in [0.15, 0.2) is 0 Å². The maximum Gasteiger partial charge on any atom is 0.0998 e. The molecule has 254 valence electrons. The summed E-state index contributed by atoms with van der Waals surface area (Å²) in [6.45, 7) is 0. The van der Waals surface area contributed by atoms with Gasteiger partial charge in [-0.15, -0.1) is 0 Å². The topological polar surface area (TPSA) is 62.4 Å². The summed E-state index contributed by atoms with van der Waals surface area (Å²) in [5.74, 6) is 0. The van der Waals surface area contributed by atoms with Gasteiger partial charge in [-0.3, -0.25) is 0 Å². The molecule has 3 aromatic heterocycles. The number of nitriles is 2. The fourth-order valence-electron chi connectivity index (χ4n) is 8.84. The van der Waals surface area contributed by atoms with Gasteiger partial charge in [-0.2, -0.15) is 10.5 Å². The molecule has 0 amide bonds. The standard InChI is InChI=1S/C50H29N5/c51-30-32-24-26-47(55-46-22-10-5-17-39(46)50-33(31-52)12-11-23-49(50)55)40(28-32)37-15-3-8-20-44(37)54-45-21-9-4-16-38(45)41-29-34(25-27-48(41)54)53-42-18-6-1-13-35(42)36-14-2-7-19-43(36)53/h1-29H. The van der Waals surface area contributed by atoms with Gasteiger partial charge in [0.1, 0.15) is 0 Å². The summed E-state index contributed by atoms with van der Waals surface area (Å²) >= 11 is 0. The van der Waals surface area contributed by atoms with Crippen LogP contribution >= 0.6 is 0 Å². The molecule has 0 fully saturated rings. The minimum Gasteiger partial charge on any atom is -0.309 e. The summed E-state index contributed by atoms with van der Waals surface area (Å²) < 4.78 is 6.97. The highest BCUT2D eigenvalue weighted by atomic mass is 15.0. The van der Waals surface area contributed by atoms with Crippen molar-refractivity contribution in [3.63, 3.8) is 0 Å². The van der Waals surface area contributed by atoms with E-state index < -0.39 is 0 Å². The molecule has 0 spiro atoms. The van der Waals surface area contributed by atoms with Crippen LogP contribution in [-0.4, -0.2) is 13.7 Å². The van der Waals surface area contributed by atoms with Gasteiger partial charge in [0.05, 0.1) is 67.7 Å². The third-order valence-corrected chi connectivity index (χ3v) is 11.1. The average molecular weight is 700 g/mol. The fraction of sp³-hybridized carbons (Fsp3) is 0. The second-order valence-corrected chi connectivity index (χ2v) is 13.9. The number of para-hydroxylation sites is 5. The van der Waals surface area contributed by atoms with Crippen LogP contribution in [0, 0.1) is 22.7 Å². The molecule has 0 aliphatic heterocycles. The molecule has 0 aliphatic carbocycles. The van der Waals surface area contributed by atoms with Crippen molar-refractivity contribution in [3.05, 3.63) is 187 Å². The average Bonchev–Trinajstić information content (AvgIpc) is 3.89. The normalized spacial score (nSPS) is 11.6. The number of nitrogens with zero attached hydrogens (tertiary/aromatic N) is 5. The Bertz CT molecular complexity index is 3420. The Balaban J connectivity index is 1.19. The number of benzene rings is 8. The molecule has 11 rings (SSSR count). The third kappa shape index (κ3) is 4.39. The molecule has 0 atom stereocenters. The Morgan fingerprint density at radius 3 is 1.56 bits per heavy atom. The molecule has 0 bridgehead atoms. The first kappa shape index (κ1) is 30.7. The summed E-state index contributed by atoms with van der Waals surface area (Å²) in [4.78, 5) is 0. The van der Waals surface area contributed by atoms with E-state index in [0.29, 0.717) is 11.1 Å². The van der Waals surface area contributed by atoms with Crippen molar-refractivity contribution in [2.24, 2.45) is 0 Å². The van der Waals surface area contributed by atoms with Gasteiger partial charge in [-0.05, 0) is 78.9 Å². The van der Waals surface area contributed by atoms with E-state index in [-0.39, 0.29) is 0 Å². The first-order valence-corrected chi connectivity index (χ1v) is 18.3. The molecule has 55 heavy (non-hydrogen) atoms. The predicted molar refractivity (Wildman–Crippen MR) is 224 cm³/mol. The van der Waals surface area contributed by atoms with E-state index in [1.54, 1.807) is 0 Å². The molecule has 0 saturated heterocycles. The zero-order chi connectivity index (χ0) is 36.6. The Morgan fingerprint density at radius 2 is 0.873 bits per heavy atom. The molecule has 0 saturated carbocycles. The quantitative estimate of drug-likeness (QED) is 0.184. The van der Waals surface area contributed by atoms with Crippen LogP contribution in [0.2, 0.25) is 0 Å². The number of rotatable bonds is 4. The van der Waals surface area contributed by atoms with Crippen LogP contribution in [0.1, 0.15) is 11.1 Å². The van der Waals surface area contributed by atoms with Gasteiger partial charge >= 0.3 is 0 Å². The number of aromatic nitrogens is 3. The number of fused-ring (bicyclic) bond motifs is 9. The van der Waals surface area contributed by atoms with Crippen molar-refractivity contribution in [2.45, 2.75) is 0 Å². The molecule has 0 aliphatic rings. The van der Waals surface area contributed by atoms with Crippen molar-refractivity contribution in [3.8, 4) is 40.3 Å². The Kier molecular flexibility index (Phi) is 6.61. The first-order valence-electron chi connectivity index (χ1n) is 18.3. The van der Waals surface area contributed by atoms with Crippen LogP contribution in [0.4, 0.5) is 0 Å². The van der Waals surface area contributed by atoms with Gasteiger partial charge in [0, 0.05) is 49.1 Å². The number of hydrogen-bond donors (Lipinski definition) is 0. The molecular formula is C50H29N5. The van der Waals surface area contributed by atoms with Crippen LogP contribution in [0.15, 0.2) is 176 Å². The summed E-state index contributed by atoms with van der Waals surface area (Å²) in [6, 6.07) is 66.0. The van der Waals surface area contributed by atoms with Crippen molar-refractivity contribution in [2.75, 3.05) is 0 Å². The van der Waals surface area contributed by atoms with E-state index in [4.69, 9.17) is 0 Å². The minimum absolute atomic E-state index is 0.574. The summed E-state index contributed by atoms with van der Waals surface area (Å²) in [5, 5.41) is 27.1. The molecule has 0 unspecified atom stereocenters. The van der Waals surface area contributed by atoms with Crippen molar-refractivity contribution >= 4 is 65.4 Å². The zero-order valence-corrected chi connectivity index (χ0v) is 29.5. The molecule has 5 heteroatoms. The lowest BCUT2D eigenvalue weighted by Crippen LogP contribution is -2.02. The molecule has 8 aromatic carbocycles. The largest absolute Gasteiger partial charge is 0.309 e. The van der Waals surface area contributed by atoms with Crippen LogP contribution < -0.4 is 0 Å². The molecule has 0 N–H and O–H groups in total. The van der Waals surface area contributed by atoms with E-state index in [1.165, 1.54) is 21.8 Å². The Morgan fingerprint density at radius 1 is 0.345 bits per heavy atom. The third-order valence-electron chi connectivity index (χ3n) is 11.1. The lowest BCUT2D eigenvalue weighted by Gasteiger charge is -2.19. The second-order valence-electron chi connectivity index (χ2n) is 13.9. The van der Waals surface area contributed by atoms with E-state index in [9.17, 15) is 10.5 Å². The van der Waals surface area contributed by atoms with Crippen LogP contribution in [0.5, 0.6) is 0 Å². The SMILES string of the molecule is N#Cc1ccc(-n2c3ccccc3c3c(C#N)cccc32)c(-c2ccccc2-n2c3ccccc3c3cc(-n4c5ccccc5c5ccccc54)ccc32)c1. The Labute approximate surface area is 316 Å². The smallest absolute Gasteiger partial charge is 0.0998 e. The van der Waals surface area contributed by atoms with E-state index in [1.807, 2.05) is 42.5 Å². The highest BCUT2D eigenvalue weighted by Crippen LogP contribution is 2.42. The zero-order valence-electron chi connectivity index (χ0n) is 29.5. The molecular weight excluding hydrogens is 671 g/mol. The van der Waals surface area contributed by atoms with Crippen LogP contribution in [-0.2, 0) is 0 Å². The summed E-state index contributed by atoms with van der Waals surface area (Å²) in [7, 11) is 0. The maximum absolute atomic E-state index is 10.2. The minimum atomic E-state index is 0.574. The molecule has 0 radical (unpaired) electrons. The van der Waals surface area contributed by atoms with E-state index >= 15 is 0 Å². The summed E-state index contributed by atoms with van der Waals surface area (Å²) in [5.41, 5.74) is 12.6. The van der Waals surface area contributed by atoms with Crippen molar-refractivity contribution in [1.82, 2.24) is 13.7 Å². The fourth-order valence-corrected chi connectivity index (χ4v) is 8.84. The maximum atomic E-state index is 10.2. The van der Waals surface area contributed by atoms with Crippen LogP contribution in [0.25, 0.3) is 93.6 Å². The van der Waals surface area contributed by atoms with Crippen molar-refractivity contribution in [1.29, 1.82) is 10.5 Å². The summed E-state index contributed by atoms with van der Waals surface area (Å²) in [6.07, 6.45) is 0. The van der Waals surface area contributed by atoms with Gasteiger partial charge in [0.2, 0.25) is 0 Å². The van der Waals surface area contributed by atoms with E-state index in [0.717, 1.165) is 71.8 Å². The monoisotopic (exact) mass is 699 g/mol. The van der Waals surface area contributed by atoms with Gasteiger partial charge in [-0.25, -0.2) is 0 Å². The van der Waals surface area contributed by atoms with Gasteiger partial charge in [-0.1, -0.05) is 97.1 Å². The lowest BCUT2D eigenvalue weighted by molar-refractivity contribution is 1.15. The predicted octanol–water partition coefficient (Wildman–Crippen LogP) is 12.4.